The Morgan fingerprint density at radius 1 is 0.463 bits per heavy atom. The van der Waals surface area contributed by atoms with Gasteiger partial charge in [0, 0.05) is 79.5 Å². The molecule has 0 unspecified atom stereocenters. The largest absolute Gasteiger partial charge is 0.744 e. The molecule has 11 aromatic carbocycles. The summed E-state index contributed by atoms with van der Waals surface area (Å²) in [5, 5.41) is 24.6. The molecule has 0 amide bonds. The van der Waals surface area contributed by atoms with Crippen LogP contribution in [0.15, 0.2) is 222 Å². The summed E-state index contributed by atoms with van der Waals surface area (Å²) in [6, 6.07) is 65.5. The predicted molar refractivity (Wildman–Crippen MR) is 483 cm³/mol. The highest BCUT2D eigenvalue weighted by Crippen LogP contribution is 2.42. The zero-order chi connectivity index (χ0) is 88.5. The molecule has 24 heteroatoms. The lowest BCUT2D eigenvalue weighted by Crippen LogP contribution is -2.21. The zero-order valence-electron chi connectivity index (χ0n) is 70.9. The lowest BCUT2D eigenvalue weighted by Gasteiger charge is -2.24. The first kappa shape index (κ1) is 92.0. The number of fused-ring (bicyclic) bond motifs is 4. The van der Waals surface area contributed by atoms with Gasteiger partial charge in [0.2, 0.25) is 5.95 Å². The Balaban J connectivity index is 0.000000173. The summed E-state index contributed by atoms with van der Waals surface area (Å²) >= 11 is 1.37. The number of carboxylic acids is 2. The maximum absolute atomic E-state index is 12.4. The lowest BCUT2D eigenvalue weighted by atomic mass is 9.90. The van der Waals surface area contributed by atoms with E-state index in [1.54, 1.807) is 50.2 Å². The number of carbonyl (C=O) groups is 2. The van der Waals surface area contributed by atoms with Crippen molar-refractivity contribution in [2.75, 3.05) is 29.7 Å². The van der Waals surface area contributed by atoms with Gasteiger partial charge in [0.05, 0.1) is 33.8 Å². The van der Waals surface area contributed by atoms with Gasteiger partial charge in [-0.2, -0.15) is 14.3 Å². The van der Waals surface area contributed by atoms with Gasteiger partial charge in [-0.15, -0.1) is 0 Å². The minimum Gasteiger partial charge on any atom is -0.744 e. The van der Waals surface area contributed by atoms with Crippen molar-refractivity contribution in [2.45, 2.75) is 144 Å². The van der Waals surface area contributed by atoms with Crippen molar-refractivity contribution < 1.29 is 72.9 Å². The van der Waals surface area contributed by atoms with Crippen LogP contribution in [0.2, 0.25) is 0 Å². The molecule has 3 N–H and O–H groups in total. The number of hydrogen-bond donors (Lipinski definition) is 3. The van der Waals surface area contributed by atoms with Crippen LogP contribution in [0.4, 0.5) is 11.6 Å². The number of unbranched alkanes of at least 4 members (excludes halogenated alkanes) is 4. The number of nitrogens with zero attached hydrogens (tertiary/aromatic N) is 3. The van der Waals surface area contributed by atoms with Crippen molar-refractivity contribution in [1.82, 2.24) is 15.0 Å². The first-order chi connectivity index (χ1) is 58.7. The fourth-order valence-electron chi connectivity index (χ4n) is 15.0. The average Bonchev–Trinajstić information content (AvgIpc) is 0.746. The summed E-state index contributed by atoms with van der Waals surface area (Å²) in [5.74, 6) is 2.44. The van der Waals surface area contributed by atoms with Crippen LogP contribution in [-0.4, -0.2) is 95.8 Å². The highest BCUT2D eigenvalue weighted by Gasteiger charge is 2.27. The number of aryl methyl sites for hydroxylation is 10. The first-order valence-electron chi connectivity index (χ1n) is 40.5. The molecule has 12 aromatic rings. The van der Waals surface area contributed by atoms with E-state index in [1.165, 1.54) is 118 Å². The van der Waals surface area contributed by atoms with E-state index in [4.69, 9.17) is 9.47 Å². The minimum atomic E-state index is -4.72. The van der Waals surface area contributed by atoms with Crippen molar-refractivity contribution in [3.8, 4) is 23.0 Å². The molecule has 0 spiro atoms. The summed E-state index contributed by atoms with van der Waals surface area (Å²) in [5.41, 5.74) is 20.1. The van der Waals surface area contributed by atoms with Crippen LogP contribution in [-0.2, 0) is 58.6 Å². The number of sulfone groups is 1. The second-order valence-electron chi connectivity index (χ2n) is 30.5. The van der Waals surface area contributed by atoms with E-state index in [0.717, 1.165) is 85.3 Å². The molecule has 1 aromatic heterocycles. The molecule has 638 valence electrons. The van der Waals surface area contributed by atoms with Gasteiger partial charge < -0.3 is 34.1 Å². The topological polar surface area (TPSA) is 311 Å². The standard InChI is InChI=1S/2C37H32O4S.C19H24N4O6S.C6H14O2S/c2*1-23-9-7-10-24(2)32(23)19-27-15-17-29-34(21-27)41-35-22-28(20-33-25(3)11-8-12-26(33)4)16-18-30(35)37(29)31-13-5-6-14-36(31)42(38,39)40;1-3-30(28,29)8-6-4-5-7-16-20-12(2)21-19(23-16)22-15-10-13(17(24)25)9-14(11-15)18(26)27;1-3-4-5-6-9-8-7-2/h2*5-19,21-22H,20H2,1-4H3,(H,38,39,40);9-11H,3-8H2,1-2H3,(H,24,25)(H,26,27)(H,20,21,22,23);3-6H2,1-2H3/p-2/b2*27-19+;;. The number of benzene rings is 11. The monoisotopic (exact) mass is 1730 g/mol. The highest BCUT2D eigenvalue weighted by atomic mass is 32.2. The van der Waals surface area contributed by atoms with Crippen LogP contribution in [0.3, 0.4) is 0 Å². The van der Waals surface area contributed by atoms with Crippen LogP contribution in [0.25, 0.3) is 23.3 Å². The Kier molecular flexibility index (Phi) is 31.0. The van der Waals surface area contributed by atoms with E-state index in [9.17, 15) is 54.2 Å². The predicted octanol–water partition coefficient (Wildman–Crippen LogP) is 18.1. The third kappa shape index (κ3) is 24.0. The molecule has 14 rings (SSSR count). The lowest BCUT2D eigenvalue weighted by molar-refractivity contribution is -0.160. The molecule has 0 saturated heterocycles. The average molecular weight is 1730 g/mol. The SMILES string of the molecule is CCCCCSOOC.CCS(=O)(=O)CCCCCc1nc(C)nc(Nc2cc(C(=O)O)cc(C(=O)O)c2)n1.Cc1cccc(C)c1/C=c1\ccc2c(c1)Oc1cc(Cc3c(C)cccc3C)ccc1C=2c1ccccc1S(=O)(=O)[O-].Cc1cccc(C)c1/C=c1\ccc2c(c1)Oc1cc(Cc3c(C)cccc3C)ccc1C=2c1ccccc1S(=O)(=O)[O-]. The van der Waals surface area contributed by atoms with Crippen molar-refractivity contribution in [3.05, 3.63) is 356 Å². The number of ether oxygens (including phenoxy) is 2. The Bertz CT molecular complexity index is 6190. The van der Waals surface area contributed by atoms with E-state index in [0.29, 0.717) is 76.2 Å². The van der Waals surface area contributed by atoms with Crippen LogP contribution < -0.4 is 35.7 Å². The second kappa shape index (κ2) is 41.4. The number of aromatic carboxylic acids is 2. The van der Waals surface area contributed by atoms with Gasteiger partial charge in [-0.05, 0) is 262 Å². The molecule has 0 fully saturated rings. The van der Waals surface area contributed by atoms with Gasteiger partial charge in [-0.25, -0.2) is 44.7 Å². The van der Waals surface area contributed by atoms with E-state index < -0.39 is 42.0 Å². The Morgan fingerprint density at radius 2 is 0.902 bits per heavy atom. The molecule has 3 heterocycles. The van der Waals surface area contributed by atoms with Gasteiger partial charge in [0.25, 0.3) is 0 Å². The number of aromatic nitrogens is 3. The summed E-state index contributed by atoms with van der Waals surface area (Å²) in [7, 11) is -10.9. The Hall–Kier alpha value is -11.7. The molecule has 20 nitrogen and oxygen atoms in total. The van der Waals surface area contributed by atoms with Gasteiger partial charge in [-0.3, -0.25) is 0 Å². The number of hydrogen-bond acceptors (Lipinski definition) is 19. The van der Waals surface area contributed by atoms with Gasteiger partial charge in [-0.1, -0.05) is 179 Å². The molecule has 2 aliphatic heterocycles. The number of nitrogens with one attached hydrogen (secondary N) is 1. The van der Waals surface area contributed by atoms with Crippen molar-refractivity contribution >= 4 is 89.0 Å². The van der Waals surface area contributed by atoms with Crippen LogP contribution in [0, 0.1) is 62.3 Å². The van der Waals surface area contributed by atoms with Crippen molar-refractivity contribution in [3.63, 3.8) is 0 Å². The van der Waals surface area contributed by atoms with Crippen LogP contribution in [0.1, 0.15) is 185 Å². The molecule has 0 aliphatic carbocycles. The van der Waals surface area contributed by atoms with Crippen molar-refractivity contribution in [1.29, 1.82) is 0 Å². The summed E-state index contributed by atoms with van der Waals surface area (Å²) in [6.45, 7) is 22.3. The first-order valence-corrected chi connectivity index (χ1v) is 46.1. The number of anilines is 2. The molecule has 0 atom stereocenters. The molecule has 123 heavy (non-hydrogen) atoms. The quantitative estimate of drug-likeness (QED) is 0.0142. The third-order valence-corrected chi connectivity index (χ3v) is 25.7. The summed E-state index contributed by atoms with van der Waals surface area (Å²) < 4.78 is 115. The zero-order valence-corrected chi connectivity index (χ0v) is 74.2. The fraction of sp³-hybridized carbons (Fsp3) is 0.242. The Labute approximate surface area is 724 Å². The van der Waals surface area contributed by atoms with Gasteiger partial charge >= 0.3 is 11.9 Å². The van der Waals surface area contributed by atoms with E-state index in [2.05, 4.69) is 177 Å². The summed E-state index contributed by atoms with van der Waals surface area (Å²) in [4.78, 5) is 39.1. The molecule has 0 saturated carbocycles. The van der Waals surface area contributed by atoms with E-state index in [1.807, 2.05) is 72.8 Å². The maximum atomic E-state index is 12.4. The van der Waals surface area contributed by atoms with Crippen LogP contribution in [0.5, 0.6) is 23.0 Å². The molecular weight excluding hydrogens is 1630 g/mol. The molecule has 0 radical (unpaired) electrons. The molecule has 0 bridgehead atoms. The fourth-order valence-corrected chi connectivity index (χ4v) is 17.8. The number of carboxylic acid groups (broad SMARTS) is 2. The molecular formula is C99H100N4O16S4-2. The third-order valence-electron chi connectivity index (χ3n) is 21.4. The second-order valence-corrected chi connectivity index (χ2v) is 36.4. The van der Waals surface area contributed by atoms with E-state index >= 15 is 0 Å². The highest BCUT2D eigenvalue weighted by molar-refractivity contribution is 7.94. The van der Waals surface area contributed by atoms with Gasteiger partial charge in [0.1, 0.15) is 64.7 Å². The number of rotatable bonds is 27. The van der Waals surface area contributed by atoms with E-state index in [-0.39, 0.29) is 44.1 Å². The maximum Gasteiger partial charge on any atom is 0.335 e. The van der Waals surface area contributed by atoms with Crippen LogP contribution >= 0.6 is 12.0 Å². The van der Waals surface area contributed by atoms with Crippen molar-refractivity contribution in [2.24, 2.45) is 0 Å². The minimum absolute atomic E-state index is 0.140. The Morgan fingerprint density at radius 3 is 1.32 bits per heavy atom. The normalized spacial score (nSPS) is 12.3. The molecule has 2 aliphatic rings. The summed E-state index contributed by atoms with van der Waals surface area (Å²) in [6.07, 6.45) is 12.0. The van der Waals surface area contributed by atoms with Gasteiger partial charge in [0.15, 0.2) is 0 Å². The smallest absolute Gasteiger partial charge is 0.335 e.